The lowest BCUT2D eigenvalue weighted by atomic mass is 10.1. The van der Waals surface area contributed by atoms with Gasteiger partial charge in [-0.05, 0) is 67.8 Å². The maximum atomic E-state index is 13.9. The second kappa shape index (κ2) is 13.1. The Morgan fingerprint density at radius 2 is 1.58 bits per heavy atom. The number of sulfonamides is 1. The highest BCUT2D eigenvalue weighted by molar-refractivity contribution is 7.92. The van der Waals surface area contributed by atoms with Gasteiger partial charge in [-0.2, -0.15) is 0 Å². The van der Waals surface area contributed by atoms with Gasteiger partial charge in [0.05, 0.1) is 10.6 Å². The van der Waals surface area contributed by atoms with Crippen molar-refractivity contribution in [3.63, 3.8) is 0 Å². The van der Waals surface area contributed by atoms with Crippen molar-refractivity contribution >= 4 is 50.7 Å². The molecule has 0 aliphatic heterocycles. The highest BCUT2D eigenvalue weighted by atomic mass is 35.5. The van der Waals surface area contributed by atoms with Gasteiger partial charge in [-0.15, -0.1) is 0 Å². The lowest BCUT2D eigenvalue weighted by Crippen LogP contribution is -2.51. The molecule has 3 rings (SSSR count). The summed E-state index contributed by atoms with van der Waals surface area (Å²) in [6.45, 7) is 5.32. The molecule has 0 saturated heterocycles. The number of nitrogens with zero attached hydrogens (tertiary/aromatic N) is 2. The lowest BCUT2D eigenvalue weighted by molar-refractivity contribution is -0.139. The summed E-state index contributed by atoms with van der Waals surface area (Å²) >= 11 is 12.3. The van der Waals surface area contributed by atoms with E-state index in [-0.39, 0.29) is 23.0 Å². The molecule has 7 nitrogen and oxygen atoms in total. The van der Waals surface area contributed by atoms with E-state index in [0.717, 1.165) is 16.3 Å². The first-order chi connectivity index (χ1) is 18.0. The average molecular weight is 577 g/mol. The third-order valence-corrected chi connectivity index (χ3v) is 8.29. The van der Waals surface area contributed by atoms with Crippen molar-refractivity contribution < 1.29 is 18.0 Å². The first kappa shape index (κ1) is 29.5. The lowest BCUT2D eigenvalue weighted by Gasteiger charge is -2.32. The summed E-state index contributed by atoms with van der Waals surface area (Å²) in [6, 6.07) is 18.8. The van der Waals surface area contributed by atoms with Gasteiger partial charge in [-0.3, -0.25) is 13.9 Å². The van der Waals surface area contributed by atoms with E-state index in [0.29, 0.717) is 22.2 Å². The van der Waals surface area contributed by atoms with Crippen LogP contribution in [0.5, 0.6) is 0 Å². The Morgan fingerprint density at radius 3 is 2.21 bits per heavy atom. The molecular weight excluding hydrogens is 545 g/mol. The topological polar surface area (TPSA) is 86.8 Å². The molecule has 0 heterocycles. The maximum absolute atomic E-state index is 13.9. The number of hydrogen-bond acceptors (Lipinski definition) is 4. The molecule has 202 valence electrons. The van der Waals surface area contributed by atoms with E-state index in [1.807, 2.05) is 6.92 Å². The molecule has 0 bridgehead atoms. The highest BCUT2D eigenvalue weighted by Gasteiger charge is 2.33. The number of amides is 2. The molecule has 0 fully saturated rings. The van der Waals surface area contributed by atoms with E-state index in [1.165, 1.54) is 23.1 Å². The molecule has 0 aliphatic rings. The minimum Gasteiger partial charge on any atom is -0.354 e. The van der Waals surface area contributed by atoms with E-state index < -0.39 is 28.5 Å². The van der Waals surface area contributed by atoms with Gasteiger partial charge in [-0.25, -0.2) is 8.42 Å². The molecule has 0 radical (unpaired) electrons. The number of carbonyl (C=O) groups excluding carboxylic acids is 2. The Morgan fingerprint density at radius 1 is 0.947 bits per heavy atom. The van der Waals surface area contributed by atoms with Gasteiger partial charge >= 0.3 is 0 Å². The zero-order chi connectivity index (χ0) is 27.9. The fourth-order valence-electron chi connectivity index (χ4n) is 3.85. The summed E-state index contributed by atoms with van der Waals surface area (Å²) in [7, 11) is -4.15. The Hall–Kier alpha value is -3.07. The SMILES string of the molecule is CCCNC(=O)[C@@H](C)N(Cc1ccc(Cl)cc1)C(=O)CN(c1cc(Cl)ccc1C)S(=O)(=O)c1ccccc1. The van der Waals surface area contributed by atoms with E-state index in [9.17, 15) is 18.0 Å². The van der Waals surface area contributed by atoms with Crippen molar-refractivity contribution in [3.05, 3.63) is 94.0 Å². The Bertz CT molecular complexity index is 1370. The molecule has 0 unspecified atom stereocenters. The second-order valence-corrected chi connectivity index (χ2v) is 11.6. The van der Waals surface area contributed by atoms with E-state index >= 15 is 0 Å². The van der Waals surface area contributed by atoms with Crippen LogP contribution in [0.2, 0.25) is 10.0 Å². The molecular formula is C28H31Cl2N3O4S. The molecule has 10 heteroatoms. The number of carbonyl (C=O) groups is 2. The number of nitrogens with one attached hydrogen (secondary N) is 1. The van der Waals surface area contributed by atoms with Crippen molar-refractivity contribution in [2.24, 2.45) is 0 Å². The van der Waals surface area contributed by atoms with E-state index in [1.54, 1.807) is 68.4 Å². The third kappa shape index (κ3) is 7.28. The van der Waals surface area contributed by atoms with Crippen LogP contribution in [0.3, 0.4) is 0 Å². The smallest absolute Gasteiger partial charge is 0.264 e. The molecule has 1 atom stereocenters. The zero-order valence-corrected chi connectivity index (χ0v) is 23.9. The predicted octanol–water partition coefficient (Wildman–Crippen LogP) is 5.44. The van der Waals surface area contributed by atoms with Gasteiger partial charge < -0.3 is 10.2 Å². The molecule has 38 heavy (non-hydrogen) atoms. The predicted molar refractivity (Wildman–Crippen MR) is 152 cm³/mol. The monoisotopic (exact) mass is 575 g/mol. The van der Waals surface area contributed by atoms with E-state index in [2.05, 4.69) is 5.32 Å². The molecule has 2 amide bonds. The number of aryl methyl sites for hydroxylation is 1. The molecule has 0 aliphatic carbocycles. The van der Waals surface area contributed by atoms with Crippen LogP contribution in [0.15, 0.2) is 77.7 Å². The molecule has 3 aromatic carbocycles. The molecule has 0 saturated carbocycles. The van der Waals surface area contributed by atoms with Gasteiger partial charge in [0.15, 0.2) is 0 Å². The van der Waals surface area contributed by atoms with E-state index in [4.69, 9.17) is 23.2 Å². The van der Waals surface area contributed by atoms with Crippen molar-refractivity contribution in [3.8, 4) is 0 Å². The normalized spacial score (nSPS) is 12.0. The first-order valence-electron chi connectivity index (χ1n) is 12.2. The Kier molecular flexibility index (Phi) is 10.2. The second-order valence-electron chi connectivity index (χ2n) is 8.87. The van der Waals surface area contributed by atoms with Gasteiger partial charge in [0.1, 0.15) is 12.6 Å². The molecule has 1 N–H and O–H groups in total. The molecule has 0 aromatic heterocycles. The maximum Gasteiger partial charge on any atom is 0.264 e. The first-order valence-corrected chi connectivity index (χ1v) is 14.4. The average Bonchev–Trinajstić information content (AvgIpc) is 2.91. The minimum absolute atomic E-state index is 0.0326. The fourth-order valence-corrected chi connectivity index (χ4v) is 5.63. The van der Waals surface area contributed by atoms with Crippen molar-refractivity contribution in [2.75, 3.05) is 17.4 Å². The van der Waals surface area contributed by atoms with Crippen molar-refractivity contribution in [2.45, 2.75) is 44.7 Å². The summed E-state index contributed by atoms with van der Waals surface area (Å²) in [6.07, 6.45) is 0.737. The Balaban J connectivity index is 2.04. The largest absolute Gasteiger partial charge is 0.354 e. The van der Waals surface area contributed by atoms with Crippen LogP contribution in [0.1, 0.15) is 31.4 Å². The third-order valence-electron chi connectivity index (χ3n) is 6.03. The summed E-state index contributed by atoms with van der Waals surface area (Å²) in [5.74, 6) is -0.872. The number of anilines is 1. The van der Waals surface area contributed by atoms with Crippen LogP contribution in [-0.2, 0) is 26.2 Å². The summed E-state index contributed by atoms with van der Waals surface area (Å²) in [4.78, 5) is 28.2. The standard InChI is InChI=1S/C28H31Cl2N3O4S/c1-4-16-31-28(35)21(3)32(18-22-11-14-23(29)15-12-22)27(34)19-33(26-17-24(30)13-10-20(26)2)38(36,37)25-8-6-5-7-9-25/h5-15,17,21H,4,16,18-19H2,1-3H3,(H,31,35)/t21-/m1/s1. The zero-order valence-electron chi connectivity index (χ0n) is 21.5. The van der Waals surface area contributed by atoms with Crippen LogP contribution in [0.25, 0.3) is 0 Å². The van der Waals surface area contributed by atoms with Gasteiger partial charge in [0.2, 0.25) is 11.8 Å². The highest BCUT2D eigenvalue weighted by Crippen LogP contribution is 2.30. The van der Waals surface area contributed by atoms with Crippen LogP contribution in [0, 0.1) is 6.92 Å². The number of rotatable bonds is 11. The van der Waals surface area contributed by atoms with Gasteiger partial charge in [-0.1, -0.05) is 66.5 Å². The number of halogens is 2. The molecule has 3 aromatic rings. The quantitative estimate of drug-likeness (QED) is 0.330. The number of benzene rings is 3. The summed E-state index contributed by atoms with van der Waals surface area (Å²) in [5, 5.41) is 3.69. The summed E-state index contributed by atoms with van der Waals surface area (Å²) < 4.78 is 28.7. The number of hydrogen-bond donors (Lipinski definition) is 1. The van der Waals surface area contributed by atoms with Gasteiger partial charge in [0, 0.05) is 23.1 Å². The van der Waals surface area contributed by atoms with Crippen molar-refractivity contribution in [1.29, 1.82) is 0 Å². The fraction of sp³-hybridized carbons (Fsp3) is 0.286. The van der Waals surface area contributed by atoms with Gasteiger partial charge in [0.25, 0.3) is 10.0 Å². The van der Waals surface area contributed by atoms with Crippen LogP contribution >= 0.6 is 23.2 Å². The van der Waals surface area contributed by atoms with Crippen molar-refractivity contribution in [1.82, 2.24) is 10.2 Å². The van der Waals surface area contributed by atoms with Crippen LogP contribution < -0.4 is 9.62 Å². The Labute approximate surface area is 234 Å². The molecule has 0 spiro atoms. The van der Waals surface area contributed by atoms with Crippen LogP contribution in [-0.4, -0.2) is 44.3 Å². The minimum atomic E-state index is -4.15. The summed E-state index contributed by atoms with van der Waals surface area (Å²) in [5.41, 5.74) is 1.65. The van der Waals surface area contributed by atoms with Crippen LogP contribution in [0.4, 0.5) is 5.69 Å².